The van der Waals surface area contributed by atoms with Crippen LogP contribution < -0.4 is 0 Å². The number of ether oxygens (including phenoxy) is 1. The molecular weight excluding hydrogens is 462 g/mol. The number of ketones is 2. The molecule has 7 atom stereocenters. The molecule has 37 heavy (non-hydrogen) atoms. The summed E-state index contributed by atoms with van der Waals surface area (Å²) in [4.78, 5) is 40.9. The lowest BCUT2D eigenvalue weighted by atomic mass is 9.34. The van der Waals surface area contributed by atoms with Crippen molar-refractivity contribution in [3.05, 3.63) is 23.3 Å². The van der Waals surface area contributed by atoms with Crippen LogP contribution in [0.5, 0.6) is 0 Å². The Labute approximate surface area is 222 Å². The average molecular weight is 506 g/mol. The van der Waals surface area contributed by atoms with Crippen molar-refractivity contribution < 1.29 is 19.1 Å². The van der Waals surface area contributed by atoms with Crippen molar-refractivity contribution in [2.45, 2.75) is 93.4 Å². The standard InChI is InChI=1S/C32H43NO4/c1-27(2)11-13-32(26(36)37-8)14-12-31(7)24(20(32)17-27)21(34)15-23-29(5)16-19(18-33)25(35)28(3,4)22(29)9-10-30(23,31)6/h15-16,20,22,24H,9-14,17H2,1-8H3/t20-,22-,24-,29-,30+,31+,32?/m0/s1. The van der Waals surface area contributed by atoms with Crippen molar-refractivity contribution in [3.8, 4) is 6.07 Å². The Hall–Kier alpha value is -2.22. The molecule has 1 unspecified atom stereocenters. The number of carbonyl (C=O) groups is 3. The van der Waals surface area contributed by atoms with Gasteiger partial charge in [-0.15, -0.1) is 0 Å². The SMILES string of the molecule is COC(=O)C12CCC(C)(C)C[C@H]1[C@H]1C(=O)C=C3[C@@]4(C)C=C(C#N)C(=O)C(C)(C)[C@@H]4CC[C@@]3(C)[C@]1(C)CC2. The highest BCUT2D eigenvalue weighted by Crippen LogP contribution is 2.74. The van der Waals surface area contributed by atoms with E-state index in [9.17, 15) is 19.6 Å². The lowest BCUT2D eigenvalue weighted by Crippen LogP contribution is -2.65. The number of methoxy groups -OCH3 is 1. The molecule has 0 radical (unpaired) electrons. The highest BCUT2D eigenvalue weighted by molar-refractivity contribution is 6.04. The van der Waals surface area contributed by atoms with Gasteiger partial charge in [-0.3, -0.25) is 14.4 Å². The van der Waals surface area contributed by atoms with E-state index in [0.717, 1.165) is 50.5 Å². The molecule has 0 heterocycles. The number of nitriles is 1. The average Bonchev–Trinajstić information content (AvgIpc) is 2.82. The first kappa shape index (κ1) is 26.4. The number of rotatable bonds is 1. The minimum atomic E-state index is -0.669. The van der Waals surface area contributed by atoms with Crippen molar-refractivity contribution in [3.63, 3.8) is 0 Å². The van der Waals surface area contributed by atoms with E-state index in [1.54, 1.807) is 0 Å². The van der Waals surface area contributed by atoms with Crippen molar-refractivity contribution in [2.24, 2.45) is 50.2 Å². The lowest BCUT2D eigenvalue weighted by molar-refractivity contribution is -0.191. The number of allylic oxidation sites excluding steroid dienone is 4. The molecule has 0 saturated heterocycles. The molecule has 0 aromatic heterocycles. The number of fused-ring (bicyclic) bond motifs is 7. The van der Waals surface area contributed by atoms with Crippen molar-refractivity contribution >= 4 is 17.5 Å². The molecule has 0 aliphatic heterocycles. The Kier molecular flexibility index (Phi) is 5.47. The third kappa shape index (κ3) is 3.11. The molecule has 5 heteroatoms. The van der Waals surface area contributed by atoms with Gasteiger partial charge in [0.1, 0.15) is 6.07 Å². The summed E-state index contributed by atoms with van der Waals surface area (Å²) >= 11 is 0. The predicted molar refractivity (Wildman–Crippen MR) is 141 cm³/mol. The Morgan fingerprint density at radius 1 is 1.00 bits per heavy atom. The van der Waals surface area contributed by atoms with Crippen molar-refractivity contribution in [2.75, 3.05) is 7.11 Å². The van der Waals surface area contributed by atoms with Gasteiger partial charge < -0.3 is 4.74 Å². The van der Waals surface area contributed by atoms with Crippen LogP contribution in [-0.4, -0.2) is 24.6 Å². The van der Waals surface area contributed by atoms with Gasteiger partial charge in [-0.1, -0.05) is 60.1 Å². The molecule has 5 nitrogen and oxygen atoms in total. The van der Waals surface area contributed by atoms with Gasteiger partial charge in [-0.05, 0) is 79.1 Å². The molecule has 0 spiro atoms. The van der Waals surface area contributed by atoms with Crippen LogP contribution in [-0.2, 0) is 19.1 Å². The van der Waals surface area contributed by atoms with E-state index in [1.807, 2.05) is 26.0 Å². The van der Waals surface area contributed by atoms with Gasteiger partial charge in [0.05, 0.1) is 18.1 Å². The summed E-state index contributed by atoms with van der Waals surface area (Å²) in [5.74, 6) is -0.376. The largest absolute Gasteiger partial charge is 0.469 e. The van der Waals surface area contributed by atoms with Crippen LogP contribution in [0.3, 0.4) is 0 Å². The second-order valence-electron chi connectivity index (χ2n) is 14.9. The van der Waals surface area contributed by atoms with E-state index in [2.05, 4.69) is 40.7 Å². The van der Waals surface area contributed by atoms with Crippen LogP contribution >= 0.6 is 0 Å². The smallest absolute Gasteiger partial charge is 0.312 e. The van der Waals surface area contributed by atoms with Crippen LogP contribution in [0, 0.1) is 61.6 Å². The van der Waals surface area contributed by atoms with E-state index < -0.39 is 16.2 Å². The zero-order valence-corrected chi connectivity index (χ0v) is 23.9. The second-order valence-corrected chi connectivity index (χ2v) is 14.9. The molecule has 0 aromatic rings. The molecule has 0 aromatic carbocycles. The Morgan fingerprint density at radius 2 is 1.65 bits per heavy atom. The van der Waals surface area contributed by atoms with Gasteiger partial charge in [0.25, 0.3) is 0 Å². The maximum atomic E-state index is 14.4. The van der Waals surface area contributed by atoms with E-state index >= 15 is 0 Å². The highest BCUT2D eigenvalue weighted by Gasteiger charge is 2.71. The normalized spacial score (nSPS) is 45.6. The Morgan fingerprint density at radius 3 is 2.27 bits per heavy atom. The predicted octanol–water partition coefficient (Wildman–Crippen LogP) is 6.38. The maximum absolute atomic E-state index is 14.4. The quantitative estimate of drug-likeness (QED) is 0.386. The topological polar surface area (TPSA) is 84.2 Å². The zero-order valence-electron chi connectivity index (χ0n) is 23.9. The molecule has 0 bridgehead atoms. The summed E-state index contributed by atoms with van der Waals surface area (Å²) in [5, 5.41) is 9.86. The van der Waals surface area contributed by atoms with Crippen LogP contribution in [0.25, 0.3) is 0 Å². The van der Waals surface area contributed by atoms with Gasteiger partial charge in [0.2, 0.25) is 0 Å². The first-order chi connectivity index (χ1) is 17.0. The monoisotopic (exact) mass is 505 g/mol. The summed E-state index contributed by atoms with van der Waals surface area (Å²) in [5.41, 5.74) is -1.02. The number of esters is 1. The molecule has 5 rings (SSSR count). The van der Waals surface area contributed by atoms with Crippen LogP contribution in [0.2, 0.25) is 0 Å². The number of Topliss-reactive ketones (excluding diaryl/α,β-unsaturated/α-hetero) is 1. The zero-order chi connectivity index (χ0) is 27.4. The maximum Gasteiger partial charge on any atom is 0.312 e. The molecule has 0 N–H and O–H groups in total. The Bertz CT molecular complexity index is 1200. The van der Waals surface area contributed by atoms with Crippen LogP contribution in [0.1, 0.15) is 93.4 Å². The minimum absolute atomic E-state index is 0.0308. The lowest BCUT2D eigenvalue weighted by Gasteiger charge is -2.68. The van der Waals surface area contributed by atoms with Crippen molar-refractivity contribution in [1.29, 1.82) is 5.26 Å². The third-order valence-corrected chi connectivity index (χ3v) is 12.5. The van der Waals surface area contributed by atoms with E-state index in [1.165, 1.54) is 7.11 Å². The van der Waals surface area contributed by atoms with Crippen LogP contribution in [0.4, 0.5) is 0 Å². The first-order valence-electron chi connectivity index (χ1n) is 14.1. The molecule has 0 amide bonds. The number of nitrogens with zero attached hydrogens (tertiary/aromatic N) is 1. The summed E-state index contributed by atoms with van der Waals surface area (Å²) in [6, 6.07) is 2.17. The fraction of sp³-hybridized carbons (Fsp3) is 0.750. The number of hydrogen-bond donors (Lipinski definition) is 0. The van der Waals surface area contributed by atoms with Gasteiger partial charge in [0.15, 0.2) is 11.6 Å². The van der Waals surface area contributed by atoms with Crippen molar-refractivity contribution in [1.82, 2.24) is 0 Å². The summed E-state index contributed by atoms with van der Waals surface area (Å²) in [6.07, 6.45) is 9.65. The minimum Gasteiger partial charge on any atom is -0.469 e. The first-order valence-corrected chi connectivity index (χ1v) is 14.1. The fourth-order valence-corrected chi connectivity index (χ4v) is 10.2. The second kappa shape index (κ2) is 7.67. The van der Waals surface area contributed by atoms with Crippen LogP contribution in [0.15, 0.2) is 23.3 Å². The van der Waals surface area contributed by atoms with Gasteiger partial charge >= 0.3 is 5.97 Å². The van der Waals surface area contributed by atoms with Gasteiger partial charge in [0, 0.05) is 16.7 Å². The summed E-state index contributed by atoms with van der Waals surface area (Å²) in [7, 11) is 1.48. The highest BCUT2D eigenvalue weighted by atomic mass is 16.5. The third-order valence-electron chi connectivity index (χ3n) is 12.5. The Balaban J connectivity index is 1.71. The van der Waals surface area contributed by atoms with Gasteiger partial charge in [-0.25, -0.2) is 0 Å². The molecule has 3 fully saturated rings. The molecule has 5 aliphatic rings. The van der Waals surface area contributed by atoms with E-state index in [4.69, 9.17) is 4.74 Å². The van der Waals surface area contributed by atoms with Gasteiger partial charge in [-0.2, -0.15) is 5.26 Å². The van der Waals surface area contributed by atoms with E-state index in [-0.39, 0.29) is 57.1 Å². The summed E-state index contributed by atoms with van der Waals surface area (Å²) in [6.45, 7) is 15.2. The molecule has 3 saturated carbocycles. The molecular formula is C32H43NO4. The molecule has 5 aliphatic carbocycles. The number of hydrogen-bond acceptors (Lipinski definition) is 5. The fourth-order valence-electron chi connectivity index (χ4n) is 10.2. The number of carbonyl (C=O) groups excluding carboxylic acids is 3. The summed E-state index contributed by atoms with van der Waals surface area (Å²) < 4.78 is 5.41. The molecule has 200 valence electrons. The van der Waals surface area contributed by atoms with E-state index in [0.29, 0.717) is 0 Å².